The van der Waals surface area contributed by atoms with E-state index in [9.17, 15) is 4.79 Å². The molecular weight excluding hydrogens is 232 g/mol. The molecule has 0 spiro atoms. The molecule has 1 rings (SSSR count). The zero-order chi connectivity index (χ0) is 12.0. The van der Waals surface area contributed by atoms with E-state index in [-0.39, 0.29) is 12.3 Å². The van der Waals surface area contributed by atoms with Crippen LogP contribution in [0.2, 0.25) is 0 Å². The molecule has 0 saturated heterocycles. The summed E-state index contributed by atoms with van der Waals surface area (Å²) in [5.74, 6) is -0.142. The molecule has 0 fully saturated rings. The monoisotopic (exact) mass is 246 g/mol. The predicted molar refractivity (Wildman–Crippen MR) is 58.4 cm³/mol. The van der Waals surface area contributed by atoms with Crippen LogP contribution in [0.5, 0.6) is 0 Å². The zero-order valence-electron chi connectivity index (χ0n) is 8.84. The lowest BCUT2D eigenvalue weighted by Gasteiger charge is -2.03. The third-order valence-electron chi connectivity index (χ3n) is 1.67. The van der Waals surface area contributed by atoms with E-state index in [1.165, 1.54) is 18.0 Å². The lowest BCUT2D eigenvalue weighted by atomic mass is 10.4. The zero-order valence-corrected chi connectivity index (χ0v) is 9.66. The Balaban J connectivity index is 2.48. The Hall–Kier alpha value is -1.05. The third kappa shape index (κ3) is 3.84. The highest BCUT2D eigenvalue weighted by molar-refractivity contribution is 7.99. The summed E-state index contributed by atoms with van der Waals surface area (Å²) in [6.45, 7) is 1.74. The van der Waals surface area contributed by atoms with Gasteiger partial charge in [-0.2, -0.15) is 0 Å². The second-order valence-electron chi connectivity index (χ2n) is 2.97. The fourth-order valence-electron chi connectivity index (χ4n) is 0.917. The molecule has 0 amide bonds. The molecule has 90 valence electrons. The standard InChI is InChI=1S/C9H14N2O4S/c1-2-15-8(14)7-3-10-9(11-7)16-5-6(13)4-12/h3,6,12-13H,2,4-5H2,1H3,(H,10,11). The van der Waals surface area contributed by atoms with Crippen LogP contribution < -0.4 is 0 Å². The van der Waals surface area contributed by atoms with E-state index < -0.39 is 12.1 Å². The Bertz CT molecular complexity index is 342. The van der Waals surface area contributed by atoms with Crippen LogP contribution in [-0.4, -0.2) is 51.2 Å². The fraction of sp³-hybridized carbons (Fsp3) is 0.556. The minimum atomic E-state index is -0.791. The molecular formula is C9H14N2O4S. The van der Waals surface area contributed by atoms with E-state index in [2.05, 4.69) is 9.97 Å². The highest BCUT2D eigenvalue weighted by Crippen LogP contribution is 2.15. The molecule has 16 heavy (non-hydrogen) atoms. The number of thioether (sulfide) groups is 1. The van der Waals surface area contributed by atoms with Gasteiger partial charge in [0.25, 0.3) is 0 Å². The highest BCUT2D eigenvalue weighted by atomic mass is 32.2. The van der Waals surface area contributed by atoms with Gasteiger partial charge in [0.2, 0.25) is 0 Å². The summed E-state index contributed by atoms with van der Waals surface area (Å²) >= 11 is 1.22. The molecule has 0 aromatic carbocycles. The number of carbonyl (C=O) groups is 1. The van der Waals surface area contributed by atoms with Crippen molar-refractivity contribution >= 4 is 17.7 Å². The first-order valence-corrected chi connectivity index (χ1v) is 5.79. The molecule has 0 aliphatic carbocycles. The van der Waals surface area contributed by atoms with Crippen molar-refractivity contribution in [2.45, 2.75) is 18.2 Å². The van der Waals surface area contributed by atoms with Gasteiger partial charge in [0, 0.05) is 5.75 Å². The van der Waals surface area contributed by atoms with Crippen molar-refractivity contribution in [3.8, 4) is 0 Å². The van der Waals surface area contributed by atoms with Crippen molar-refractivity contribution < 1.29 is 19.7 Å². The van der Waals surface area contributed by atoms with Crippen LogP contribution in [0.1, 0.15) is 17.4 Å². The largest absolute Gasteiger partial charge is 0.461 e. The molecule has 7 heteroatoms. The van der Waals surface area contributed by atoms with Gasteiger partial charge in [0.1, 0.15) is 5.69 Å². The van der Waals surface area contributed by atoms with E-state index in [1.807, 2.05) is 0 Å². The maximum Gasteiger partial charge on any atom is 0.356 e. The number of esters is 1. The average Bonchev–Trinajstić information content (AvgIpc) is 2.75. The molecule has 0 bridgehead atoms. The topological polar surface area (TPSA) is 95.4 Å². The number of nitrogens with one attached hydrogen (secondary N) is 1. The minimum absolute atomic E-state index is 0.280. The second-order valence-corrected chi connectivity index (χ2v) is 3.98. The van der Waals surface area contributed by atoms with Crippen LogP contribution >= 0.6 is 11.8 Å². The number of aromatic nitrogens is 2. The van der Waals surface area contributed by atoms with Gasteiger partial charge >= 0.3 is 5.97 Å². The maximum atomic E-state index is 11.3. The molecule has 0 aliphatic heterocycles. The lowest BCUT2D eigenvalue weighted by molar-refractivity contribution is 0.0519. The van der Waals surface area contributed by atoms with Gasteiger partial charge in [-0.05, 0) is 6.92 Å². The number of ether oxygens (including phenoxy) is 1. The highest BCUT2D eigenvalue weighted by Gasteiger charge is 2.11. The molecule has 0 saturated carbocycles. The number of aromatic amines is 1. The van der Waals surface area contributed by atoms with Crippen LogP contribution in [0.4, 0.5) is 0 Å². The van der Waals surface area contributed by atoms with Gasteiger partial charge in [-0.3, -0.25) is 0 Å². The number of nitrogens with zero attached hydrogens (tertiary/aromatic N) is 1. The quantitative estimate of drug-likeness (QED) is 0.484. The number of aliphatic hydroxyl groups is 2. The molecule has 1 heterocycles. The summed E-state index contributed by atoms with van der Waals surface area (Å²) in [7, 11) is 0. The molecule has 1 aromatic rings. The number of H-pyrrole nitrogens is 1. The van der Waals surface area contributed by atoms with Crippen LogP contribution in [0.3, 0.4) is 0 Å². The van der Waals surface area contributed by atoms with Crippen molar-refractivity contribution in [2.75, 3.05) is 19.0 Å². The van der Waals surface area contributed by atoms with Gasteiger partial charge < -0.3 is 19.9 Å². The van der Waals surface area contributed by atoms with Crippen molar-refractivity contribution in [1.82, 2.24) is 9.97 Å². The SMILES string of the molecule is CCOC(=O)c1cnc(SCC(O)CO)[nH]1. The van der Waals surface area contributed by atoms with Gasteiger partial charge in [-0.1, -0.05) is 11.8 Å². The van der Waals surface area contributed by atoms with Crippen molar-refractivity contribution in [3.63, 3.8) is 0 Å². The first-order chi connectivity index (χ1) is 7.67. The fourth-order valence-corrected chi connectivity index (χ4v) is 1.68. The number of rotatable bonds is 6. The first-order valence-electron chi connectivity index (χ1n) is 4.81. The normalized spacial score (nSPS) is 12.4. The lowest BCUT2D eigenvalue weighted by Crippen LogP contribution is -2.14. The number of hydrogen-bond acceptors (Lipinski definition) is 6. The Labute approximate surface area is 97.0 Å². The Morgan fingerprint density at radius 2 is 2.50 bits per heavy atom. The number of carbonyl (C=O) groups excluding carboxylic acids is 1. The summed E-state index contributed by atoms with van der Waals surface area (Å²) in [5, 5.41) is 18.2. The van der Waals surface area contributed by atoms with Gasteiger partial charge in [0.05, 0.1) is 25.5 Å². The minimum Gasteiger partial charge on any atom is -0.461 e. The van der Waals surface area contributed by atoms with Gasteiger partial charge in [0.15, 0.2) is 5.16 Å². The summed E-state index contributed by atoms with van der Waals surface area (Å²) in [6.07, 6.45) is 0.590. The van der Waals surface area contributed by atoms with Crippen molar-refractivity contribution in [2.24, 2.45) is 0 Å². The van der Waals surface area contributed by atoms with Crippen LogP contribution in [-0.2, 0) is 4.74 Å². The molecule has 0 aliphatic rings. The predicted octanol–water partition coefficient (Wildman–Crippen LogP) is 0.0317. The molecule has 6 nitrogen and oxygen atoms in total. The van der Waals surface area contributed by atoms with E-state index in [0.717, 1.165) is 0 Å². The van der Waals surface area contributed by atoms with Crippen molar-refractivity contribution in [3.05, 3.63) is 11.9 Å². The smallest absolute Gasteiger partial charge is 0.356 e. The second kappa shape index (κ2) is 6.51. The van der Waals surface area contributed by atoms with E-state index in [4.69, 9.17) is 14.9 Å². The summed E-state index contributed by atoms with van der Waals surface area (Å²) in [6, 6.07) is 0. The van der Waals surface area contributed by atoms with Gasteiger partial charge in [-0.15, -0.1) is 0 Å². The Morgan fingerprint density at radius 3 is 3.12 bits per heavy atom. The number of hydrogen-bond donors (Lipinski definition) is 3. The van der Waals surface area contributed by atoms with Crippen LogP contribution in [0, 0.1) is 0 Å². The molecule has 1 atom stereocenters. The van der Waals surface area contributed by atoms with Crippen LogP contribution in [0.15, 0.2) is 11.4 Å². The molecule has 3 N–H and O–H groups in total. The van der Waals surface area contributed by atoms with E-state index in [1.54, 1.807) is 6.92 Å². The summed E-state index contributed by atoms with van der Waals surface area (Å²) < 4.78 is 4.78. The first kappa shape index (κ1) is 13.0. The summed E-state index contributed by atoms with van der Waals surface area (Å²) in [4.78, 5) is 18.0. The van der Waals surface area contributed by atoms with E-state index in [0.29, 0.717) is 17.5 Å². The molecule has 1 aromatic heterocycles. The van der Waals surface area contributed by atoms with Crippen molar-refractivity contribution in [1.29, 1.82) is 0 Å². The molecule has 0 radical (unpaired) electrons. The third-order valence-corrected chi connectivity index (χ3v) is 2.70. The van der Waals surface area contributed by atoms with E-state index >= 15 is 0 Å². The van der Waals surface area contributed by atoms with Gasteiger partial charge in [-0.25, -0.2) is 9.78 Å². The number of aliphatic hydroxyl groups excluding tert-OH is 2. The van der Waals surface area contributed by atoms with Crippen LogP contribution in [0.25, 0.3) is 0 Å². The average molecular weight is 246 g/mol. The molecule has 1 unspecified atom stereocenters. The Kier molecular flexibility index (Phi) is 5.30. The maximum absolute atomic E-state index is 11.3. The number of imidazole rings is 1. The Morgan fingerprint density at radius 1 is 1.75 bits per heavy atom. The summed E-state index contributed by atoms with van der Waals surface area (Å²) in [5.41, 5.74) is 0.280.